The molecule has 0 saturated carbocycles. The number of hydrogen-bond acceptors (Lipinski definition) is 8. The van der Waals surface area contributed by atoms with Crippen LogP contribution in [0.15, 0.2) is 62.1 Å². The van der Waals surface area contributed by atoms with E-state index in [1.165, 1.54) is 11.8 Å². The number of rotatable bonds is 6. The predicted octanol–water partition coefficient (Wildman–Crippen LogP) is 4.75. The number of aromatic nitrogens is 3. The molecule has 0 saturated heterocycles. The van der Waals surface area contributed by atoms with E-state index in [1.807, 2.05) is 41.8 Å². The van der Waals surface area contributed by atoms with Crippen LogP contribution in [0.1, 0.15) is 5.69 Å². The zero-order valence-corrected chi connectivity index (χ0v) is 14.8. The van der Waals surface area contributed by atoms with E-state index in [-0.39, 0.29) is 0 Å². The summed E-state index contributed by atoms with van der Waals surface area (Å²) in [7, 11) is 1.61. The third kappa shape index (κ3) is 3.45. The largest absolute Gasteiger partial charge is 0.496 e. The highest BCUT2D eigenvalue weighted by Crippen LogP contribution is 2.31. The Labute approximate surface area is 151 Å². The third-order valence-electron chi connectivity index (χ3n) is 3.37. The number of benzene rings is 1. The first-order valence-electron chi connectivity index (χ1n) is 7.41. The maximum absolute atomic E-state index is 5.72. The van der Waals surface area contributed by atoms with Crippen LogP contribution in [0.2, 0.25) is 0 Å². The van der Waals surface area contributed by atoms with Crippen LogP contribution in [0.3, 0.4) is 0 Å². The molecular weight excluding hydrogens is 358 g/mol. The van der Waals surface area contributed by atoms with E-state index in [0.717, 1.165) is 16.1 Å². The van der Waals surface area contributed by atoms with Gasteiger partial charge in [0.05, 0.1) is 23.2 Å². The molecule has 0 fully saturated rings. The molecule has 3 heterocycles. The number of para-hydroxylation sites is 1. The fourth-order valence-electron chi connectivity index (χ4n) is 2.22. The highest BCUT2D eigenvalue weighted by molar-refractivity contribution is 7.98. The van der Waals surface area contributed by atoms with E-state index in [4.69, 9.17) is 13.6 Å². The zero-order valence-electron chi connectivity index (χ0n) is 13.2. The van der Waals surface area contributed by atoms with Crippen LogP contribution in [-0.2, 0) is 5.75 Å². The normalized spacial score (nSPS) is 10.9. The summed E-state index contributed by atoms with van der Waals surface area (Å²) < 4.78 is 16.5. The second-order valence-electron chi connectivity index (χ2n) is 4.98. The maximum atomic E-state index is 5.72. The smallest absolute Gasteiger partial charge is 0.277 e. The van der Waals surface area contributed by atoms with Crippen molar-refractivity contribution in [1.29, 1.82) is 0 Å². The van der Waals surface area contributed by atoms with Crippen molar-refractivity contribution in [3.05, 3.63) is 53.7 Å². The van der Waals surface area contributed by atoms with Crippen LogP contribution in [0, 0.1) is 0 Å². The summed E-state index contributed by atoms with van der Waals surface area (Å²) in [6, 6.07) is 11.5. The molecule has 0 radical (unpaired) electrons. The summed E-state index contributed by atoms with van der Waals surface area (Å²) in [6.07, 6.45) is 1.65. The van der Waals surface area contributed by atoms with Crippen molar-refractivity contribution >= 4 is 23.1 Å². The van der Waals surface area contributed by atoms with Crippen molar-refractivity contribution in [3.63, 3.8) is 0 Å². The average molecular weight is 371 g/mol. The molecule has 0 unspecified atom stereocenters. The first kappa shape index (κ1) is 15.9. The fraction of sp³-hybridized carbons (Fsp3) is 0.118. The van der Waals surface area contributed by atoms with E-state index in [9.17, 15) is 0 Å². The Balaban J connectivity index is 1.45. The van der Waals surface area contributed by atoms with Gasteiger partial charge in [-0.05, 0) is 23.6 Å². The topological polar surface area (TPSA) is 74.2 Å². The predicted molar refractivity (Wildman–Crippen MR) is 95.7 cm³/mol. The standard InChI is InChI=1S/C17H13N3O3S2/c1-21-13-6-3-2-5-12(13)15-19-20-17(23-15)25-10-11-9-22-16(18-11)14-7-4-8-24-14/h2-9H,10H2,1H3. The number of ether oxygens (including phenoxy) is 1. The second kappa shape index (κ2) is 7.12. The van der Waals surface area contributed by atoms with Crippen molar-refractivity contribution in [2.75, 3.05) is 7.11 Å². The number of thiophene rings is 1. The second-order valence-corrected chi connectivity index (χ2v) is 6.86. The molecule has 0 bridgehead atoms. The molecule has 0 aliphatic heterocycles. The van der Waals surface area contributed by atoms with E-state index in [0.29, 0.717) is 28.5 Å². The van der Waals surface area contributed by atoms with Gasteiger partial charge in [0.2, 0.25) is 5.89 Å². The maximum Gasteiger partial charge on any atom is 0.277 e. The molecule has 1 aromatic carbocycles. The minimum absolute atomic E-state index is 0.430. The van der Waals surface area contributed by atoms with Gasteiger partial charge < -0.3 is 13.6 Å². The first-order chi connectivity index (χ1) is 12.3. The molecule has 6 nitrogen and oxygen atoms in total. The Bertz CT molecular complexity index is 963. The van der Waals surface area contributed by atoms with E-state index < -0.39 is 0 Å². The van der Waals surface area contributed by atoms with E-state index in [2.05, 4.69) is 15.2 Å². The number of thioether (sulfide) groups is 1. The molecule has 3 aromatic heterocycles. The van der Waals surface area contributed by atoms with Crippen LogP contribution in [0.4, 0.5) is 0 Å². The summed E-state index contributed by atoms with van der Waals surface area (Å²) >= 11 is 3.01. The minimum Gasteiger partial charge on any atom is -0.496 e. The van der Waals surface area contributed by atoms with Gasteiger partial charge in [0, 0.05) is 5.75 Å². The molecule has 0 atom stereocenters. The molecule has 0 aliphatic carbocycles. The number of oxazole rings is 1. The molecule has 0 amide bonds. The van der Waals surface area contributed by atoms with Gasteiger partial charge in [-0.3, -0.25) is 0 Å². The Kier molecular flexibility index (Phi) is 4.53. The molecule has 126 valence electrons. The number of methoxy groups -OCH3 is 1. The van der Waals surface area contributed by atoms with Gasteiger partial charge in [-0.2, -0.15) is 0 Å². The molecular formula is C17H13N3O3S2. The Hall–Kier alpha value is -2.58. The monoisotopic (exact) mass is 371 g/mol. The summed E-state index contributed by atoms with van der Waals surface area (Å²) in [5.74, 6) is 2.34. The SMILES string of the molecule is COc1ccccc1-c1nnc(SCc2coc(-c3cccs3)n2)o1. The first-order valence-corrected chi connectivity index (χ1v) is 9.28. The molecule has 8 heteroatoms. The Morgan fingerprint density at radius 3 is 2.88 bits per heavy atom. The van der Waals surface area contributed by atoms with Gasteiger partial charge in [0.25, 0.3) is 11.1 Å². The lowest BCUT2D eigenvalue weighted by atomic mass is 10.2. The van der Waals surface area contributed by atoms with Gasteiger partial charge in [-0.1, -0.05) is 30.0 Å². The molecule has 0 spiro atoms. The minimum atomic E-state index is 0.430. The summed E-state index contributed by atoms with van der Waals surface area (Å²) in [5, 5.41) is 10.6. The van der Waals surface area contributed by atoms with Gasteiger partial charge in [0.15, 0.2) is 0 Å². The van der Waals surface area contributed by atoms with Crippen molar-refractivity contribution in [2.24, 2.45) is 0 Å². The van der Waals surface area contributed by atoms with Gasteiger partial charge in [0.1, 0.15) is 12.0 Å². The van der Waals surface area contributed by atoms with Crippen LogP contribution >= 0.6 is 23.1 Å². The van der Waals surface area contributed by atoms with Crippen LogP contribution in [0.25, 0.3) is 22.2 Å². The lowest BCUT2D eigenvalue weighted by molar-refractivity contribution is 0.411. The molecule has 0 N–H and O–H groups in total. The van der Waals surface area contributed by atoms with Crippen molar-refractivity contribution in [3.8, 4) is 28.0 Å². The van der Waals surface area contributed by atoms with E-state index in [1.54, 1.807) is 24.7 Å². The summed E-state index contributed by atoms with van der Waals surface area (Å²) in [6.45, 7) is 0. The van der Waals surface area contributed by atoms with Crippen molar-refractivity contribution in [1.82, 2.24) is 15.2 Å². The van der Waals surface area contributed by atoms with Gasteiger partial charge in [-0.25, -0.2) is 4.98 Å². The Morgan fingerprint density at radius 1 is 1.12 bits per heavy atom. The number of hydrogen-bond donors (Lipinski definition) is 0. The highest BCUT2D eigenvalue weighted by Gasteiger charge is 2.14. The third-order valence-corrected chi connectivity index (χ3v) is 5.08. The quantitative estimate of drug-likeness (QED) is 0.453. The molecule has 4 aromatic rings. The zero-order chi connectivity index (χ0) is 17.1. The van der Waals surface area contributed by atoms with Crippen LogP contribution in [-0.4, -0.2) is 22.3 Å². The molecule has 0 aliphatic rings. The fourth-order valence-corrected chi connectivity index (χ4v) is 3.52. The average Bonchev–Trinajstić information content (AvgIpc) is 3.40. The highest BCUT2D eigenvalue weighted by atomic mass is 32.2. The van der Waals surface area contributed by atoms with Gasteiger partial charge >= 0.3 is 0 Å². The Morgan fingerprint density at radius 2 is 2.04 bits per heavy atom. The van der Waals surface area contributed by atoms with Crippen LogP contribution in [0.5, 0.6) is 5.75 Å². The lowest BCUT2D eigenvalue weighted by Gasteiger charge is -2.03. The molecule has 4 rings (SSSR count). The number of nitrogens with zero attached hydrogens (tertiary/aromatic N) is 3. The summed E-state index contributed by atoms with van der Waals surface area (Å²) in [4.78, 5) is 5.48. The molecule has 25 heavy (non-hydrogen) atoms. The van der Waals surface area contributed by atoms with Crippen LogP contribution < -0.4 is 4.74 Å². The summed E-state index contributed by atoms with van der Waals surface area (Å²) in [5.41, 5.74) is 1.59. The van der Waals surface area contributed by atoms with E-state index >= 15 is 0 Å². The van der Waals surface area contributed by atoms with Crippen molar-refractivity contribution < 1.29 is 13.6 Å². The lowest BCUT2D eigenvalue weighted by Crippen LogP contribution is -1.87. The van der Waals surface area contributed by atoms with Crippen molar-refractivity contribution in [2.45, 2.75) is 11.0 Å². The van der Waals surface area contributed by atoms with Gasteiger partial charge in [-0.15, -0.1) is 21.5 Å².